The summed E-state index contributed by atoms with van der Waals surface area (Å²) in [5, 5.41) is 2.91. The summed E-state index contributed by atoms with van der Waals surface area (Å²) in [6.45, 7) is 0.759. The predicted molar refractivity (Wildman–Crippen MR) is 116 cm³/mol. The van der Waals surface area contributed by atoms with Gasteiger partial charge in [-0.2, -0.15) is 4.31 Å². The number of benzene rings is 2. The lowest BCUT2D eigenvalue weighted by Crippen LogP contribution is -2.45. The van der Waals surface area contributed by atoms with Crippen LogP contribution >= 0.6 is 0 Å². The van der Waals surface area contributed by atoms with Gasteiger partial charge in [0.25, 0.3) is 0 Å². The number of ether oxygens (including phenoxy) is 3. The van der Waals surface area contributed by atoms with Crippen LogP contribution in [0.4, 0.5) is 0 Å². The topological polar surface area (TPSA) is 94.2 Å². The minimum absolute atomic E-state index is 0.142. The summed E-state index contributed by atoms with van der Waals surface area (Å²) < 4.78 is 43.2. The van der Waals surface area contributed by atoms with Crippen LogP contribution in [-0.2, 0) is 21.4 Å². The SMILES string of the molecule is COc1ccc(S(=O)(=O)N2CCCC(C(=O)NCc3c(OC)cccc3OC)C2)cc1. The van der Waals surface area contributed by atoms with Crippen LogP contribution in [0.1, 0.15) is 18.4 Å². The van der Waals surface area contributed by atoms with Crippen molar-refractivity contribution in [1.29, 1.82) is 0 Å². The van der Waals surface area contributed by atoms with Crippen molar-refractivity contribution in [2.45, 2.75) is 24.3 Å². The molecule has 1 fully saturated rings. The third-order valence-electron chi connectivity index (χ3n) is 5.42. The van der Waals surface area contributed by atoms with Crippen LogP contribution in [0.2, 0.25) is 0 Å². The lowest BCUT2D eigenvalue weighted by atomic mass is 9.98. The van der Waals surface area contributed by atoms with E-state index >= 15 is 0 Å². The number of methoxy groups -OCH3 is 3. The molecule has 2 aromatic rings. The van der Waals surface area contributed by atoms with Gasteiger partial charge in [-0.25, -0.2) is 8.42 Å². The normalized spacial score (nSPS) is 17.1. The molecule has 0 bridgehead atoms. The second-order valence-corrected chi connectivity index (χ2v) is 9.17. The van der Waals surface area contributed by atoms with Gasteiger partial charge in [-0.05, 0) is 49.2 Å². The Balaban J connectivity index is 1.68. The Bertz CT molecular complexity index is 985. The highest BCUT2D eigenvalue weighted by molar-refractivity contribution is 7.89. The van der Waals surface area contributed by atoms with Crippen molar-refractivity contribution in [3.8, 4) is 17.2 Å². The third-order valence-corrected chi connectivity index (χ3v) is 7.30. The molecule has 1 aliphatic rings. The molecule has 3 rings (SSSR count). The minimum atomic E-state index is -3.68. The van der Waals surface area contributed by atoms with Crippen molar-refractivity contribution in [2.24, 2.45) is 5.92 Å². The molecular weight excluding hydrogens is 420 g/mol. The highest BCUT2D eigenvalue weighted by Crippen LogP contribution is 2.29. The Labute approximate surface area is 183 Å². The third kappa shape index (κ3) is 5.11. The zero-order valence-corrected chi connectivity index (χ0v) is 18.8. The fourth-order valence-electron chi connectivity index (χ4n) is 3.69. The van der Waals surface area contributed by atoms with Crippen molar-refractivity contribution < 1.29 is 27.4 Å². The first-order valence-corrected chi connectivity index (χ1v) is 11.5. The van der Waals surface area contributed by atoms with E-state index < -0.39 is 15.9 Å². The summed E-state index contributed by atoms with van der Waals surface area (Å²) in [4.78, 5) is 13.0. The second kappa shape index (κ2) is 10.0. The van der Waals surface area contributed by atoms with Crippen molar-refractivity contribution in [3.05, 3.63) is 48.0 Å². The molecule has 0 aromatic heterocycles. The molecule has 1 aliphatic heterocycles. The number of hydrogen-bond acceptors (Lipinski definition) is 6. The first-order chi connectivity index (χ1) is 14.9. The number of hydrogen-bond donors (Lipinski definition) is 1. The number of carbonyl (C=O) groups excluding carboxylic acids is 1. The molecule has 1 heterocycles. The van der Waals surface area contributed by atoms with Crippen LogP contribution in [0.15, 0.2) is 47.4 Å². The van der Waals surface area contributed by atoms with Gasteiger partial charge in [-0.15, -0.1) is 0 Å². The maximum atomic E-state index is 13.0. The number of sulfonamides is 1. The molecule has 31 heavy (non-hydrogen) atoms. The molecule has 1 N–H and O–H groups in total. The van der Waals surface area contributed by atoms with E-state index in [4.69, 9.17) is 14.2 Å². The van der Waals surface area contributed by atoms with E-state index in [0.29, 0.717) is 36.6 Å². The van der Waals surface area contributed by atoms with E-state index in [-0.39, 0.29) is 23.9 Å². The Hall–Kier alpha value is -2.78. The molecule has 0 aliphatic carbocycles. The maximum absolute atomic E-state index is 13.0. The first kappa shape index (κ1) is 22.9. The summed E-state index contributed by atoms with van der Waals surface area (Å²) in [6, 6.07) is 11.7. The Morgan fingerprint density at radius 2 is 1.68 bits per heavy atom. The number of piperidine rings is 1. The first-order valence-electron chi connectivity index (χ1n) is 10.0. The summed E-state index contributed by atoms with van der Waals surface area (Å²) >= 11 is 0. The Morgan fingerprint density at radius 3 is 2.26 bits per heavy atom. The fraction of sp³-hybridized carbons (Fsp3) is 0.409. The molecule has 8 nitrogen and oxygen atoms in total. The molecule has 0 saturated carbocycles. The summed E-state index contributed by atoms with van der Waals surface area (Å²) in [6.07, 6.45) is 1.25. The molecule has 1 saturated heterocycles. The van der Waals surface area contributed by atoms with Gasteiger partial charge in [0, 0.05) is 13.1 Å². The molecule has 168 valence electrons. The van der Waals surface area contributed by atoms with Gasteiger partial charge in [0.05, 0.1) is 44.3 Å². The van der Waals surface area contributed by atoms with Crippen LogP contribution in [0.25, 0.3) is 0 Å². The zero-order chi connectivity index (χ0) is 22.4. The molecule has 1 amide bonds. The van der Waals surface area contributed by atoms with Gasteiger partial charge in [0.15, 0.2) is 0 Å². The molecule has 0 radical (unpaired) electrons. The summed E-state index contributed by atoms with van der Waals surface area (Å²) in [5.74, 6) is 1.20. The van der Waals surface area contributed by atoms with Gasteiger partial charge in [0.1, 0.15) is 17.2 Å². The average molecular weight is 449 g/mol. The Morgan fingerprint density at radius 1 is 1.03 bits per heavy atom. The molecular formula is C22H28N2O6S. The smallest absolute Gasteiger partial charge is 0.243 e. The van der Waals surface area contributed by atoms with Crippen LogP contribution in [0, 0.1) is 5.92 Å². The van der Waals surface area contributed by atoms with Crippen LogP contribution in [-0.4, -0.2) is 53.0 Å². The lowest BCUT2D eigenvalue weighted by molar-refractivity contribution is -0.126. The standard InChI is InChI=1S/C22H28N2O6S/c1-28-17-9-11-18(12-10-17)31(26,27)24-13-5-6-16(15-24)22(25)23-14-19-20(29-2)7-4-8-21(19)30-3/h4,7-12,16H,5-6,13-15H2,1-3H3,(H,23,25). The highest BCUT2D eigenvalue weighted by atomic mass is 32.2. The largest absolute Gasteiger partial charge is 0.497 e. The average Bonchev–Trinajstić information content (AvgIpc) is 2.82. The van der Waals surface area contributed by atoms with E-state index in [0.717, 1.165) is 5.56 Å². The van der Waals surface area contributed by atoms with Gasteiger partial charge in [0.2, 0.25) is 15.9 Å². The van der Waals surface area contributed by atoms with Crippen molar-refractivity contribution in [3.63, 3.8) is 0 Å². The molecule has 0 spiro atoms. The monoisotopic (exact) mass is 448 g/mol. The molecule has 9 heteroatoms. The van der Waals surface area contributed by atoms with Gasteiger partial charge in [-0.3, -0.25) is 4.79 Å². The van der Waals surface area contributed by atoms with E-state index in [2.05, 4.69) is 5.32 Å². The number of nitrogens with zero attached hydrogens (tertiary/aromatic N) is 1. The van der Waals surface area contributed by atoms with Gasteiger partial charge >= 0.3 is 0 Å². The van der Waals surface area contributed by atoms with E-state index in [9.17, 15) is 13.2 Å². The van der Waals surface area contributed by atoms with E-state index in [1.54, 1.807) is 38.5 Å². The summed E-state index contributed by atoms with van der Waals surface area (Å²) in [7, 11) is 0.959. The predicted octanol–water partition coefficient (Wildman–Crippen LogP) is 2.43. The number of amides is 1. The second-order valence-electron chi connectivity index (χ2n) is 7.24. The maximum Gasteiger partial charge on any atom is 0.243 e. The Kier molecular flexibility index (Phi) is 7.40. The summed E-state index contributed by atoms with van der Waals surface area (Å²) in [5.41, 5.74) is 0.736. The number of nitrogens with one attached hydrogen (secondary N) is 1. The fourth-order valence-corrected chi connectivity index (χ4v) is 5.22. The minimum Gasteiger partial charge on any atom is -0.497 e. The molecule has 1 atom stereocenters. The zero-order valence-electron chi connectivity index (χ0n) is 18.0. The number of rotatable bonds is 8. The quantitative estimate of drug-likeness (QED) is 0.667. The van der Waals surface area contributed by atoms with Crippen LogP contribution in [0.5, 0.6) is 17.2 Å². The van der Waals surface area contributed by atoms with Gasteiger partial charge in [-0.1, -0.05) is 6.07 Å². The van der Waals surface area contributed by atoms with Gasteiger partial charge < -0.3 is 19.5 Å². The van der Waals surface area contributed by atoms with Crippen LogP contribution in [0.3, 0.4) is 0 Å². The molecule has 1 unspecified atom stereocenters. The van der Waals surface area contributed by atoms with E-state index in [1.165, 1.54) is 23.5 Å². The van der Waals surface area contributed by atoms with E-state index in [1.807, 2.05) is 6.07 Å². The van der Waals surface area contributed by atoms with Crippen molar-refractivity contribution in [1.82, 2.24) is 9.62 Å². The van der Waals surface area contributed by atoms with Crippen molar-refractivity contribution in [2.75, 3.05) is 34.4 Å². The molecule has 2 aromatic carbocycles. The van der Waals surface area contributed by atoms with Crippen LogP contribution < -0.4 is 19.5 Å². The lowest BCUT2D eigenvalue weighted by Gasteiger charge is -2.31. The number of carbonyl (C=O) groups is 1. The highest BCUT2D eigenvalue weighted by Gasteiger charge is 2.33. The van der Waals surface area contributed by atoms with Crippen molar-refractivity contribution >= 4 is 15.9 Å².